The molecule has 2 nitrogen and oxygen atoms in total. The zero-order valence-electron chi connectivity index (χ0n) is 11.0. The van der Waals surface area contributed by atoms with E-state index in [4.69, 9.17) is 4.74 Å². The highest BCUT2D eigenvalue weighted by Crippen LogP contribution is 2.27. The monoisotopic (exact) mass is 242 g/mol. The van der Waals surface area contributed by atoms with Gasteiger partial charge in [-0.1, -0.05) is 23.8 Å². The first-order valence-corrected chi connectivity index (χ1v) is 6.05. The predicted molar refractivity (Wildman–Crippen MR) is 73.1 cm³/mol. The number of hydrogen-bond acceptors (Lipinski definition) is 2. The van der Waals surface area contributed by atoms with Crippen molar-refractivity contribution >= 4 is 0 Å². The van der Waals surface area contributed by atoms with Crippen LogP contribution in [0, 0.1) is 20.8 Å². The highest BCUT2D eigenvalue weighted by molar-refractivity contribution is 5.41. The van der Waals surface area contributed by atoms with Gasteiger partial charge < -0.3 is 9.84 Å². The second-order valence-electron chi connectivity index (χ2n) is 4.62. The van der Waals surface area contributed by atoms with E-state index in [0.717, 1.165) is 16.9 Å². The molecule has 0 saturated carbocycles. The normalized spacial score (nSPS) is 10.4. The minimum Gasteiger partial charge on any atom is -0.457 e. The molecule has 0 aliphatic rings. The molecule has 0 atom stereocenters. The lowest BCUT2D eigenvalue weighted by Crippen LogP contribution is -1.93. The Morgan fingerprint density at radius 3 is 2.39 bits per heavy atom. The Labute approximate surface area is 108 Å². The van der Waals surface area contributed by atoms with Gasteiger partial charge in [-0.3, -0.25) is 0 Å². The van der Waals surface area contributed by atoms with Crippen LogP contribution in [0.5, 0.6) is 11.5 Å². The lowest BCUT2D eigenvalue weighted by molar-refractivity contribution is 0.276. The van der Waals surface area contributed by atoms with Crippen LogP contribution in [0.4, 0.5) is 0 Å². The third kappa shape index (κ3) is 2.71. The Morgan fingerprint density at radius 2 is 1.72 bits per heavy atom. The maximum Gasteiger partial charge on any atom is 0.132 e. The molecule has 0 saturated heterocycles. The average molecular weight is 242 g/mol. The van der Waals surface area contributed by atoms with E-state index in [-0.39, 0.29) is 6.61 Å². The molecule has 2 aromatic carbocycles. The van der Waals surface area contributed by atoms with Crippen LogP contribution in [-0.2, 0) is 6.61 Å². The van der Waals surface area contributed by atoms with Crippen molar-refractivity contribution in [2.75, 3.05) is 0 Å². The number of aliphatic hydroxyl groups excluding tert-OH is 1. The van der Waals surface area contributed by atoms with Gasteiger partial charge in [-0.15, -0.1) is 0 Å². The van der Waals surface area contributed by atoms with Crippen LogP contribution in [0.2, 0.25) is 0 Å². The molecule has 94 valence electrons. The van der Waals surface area contributed by atoms with Gasteiger partial charge in [0.05, 0.1) is 6.61 Å². The fourth-order valence-corrected chi connectivity index (χ4v) is 1.84. The summed E-state index contributed by atoms with van der Waals surface area (Å²) in [5.41, 5.74) is 4.37. The Hall–Kier alpha value is -1.80. The lowest BCUT2D eigenvalue weighted by Gasteiger charge is -2.11. The maximum absolute atomic E-state index is 9.34. The van der Waals surface area contributed by atoms with Gasteiger partial charge >= 0.3 is 0 Å². The molecule has 0 amide bonds. The molecule has 0 spiro atoms. The fourth-order valence-electron chi connectivity index (χ4n) is 1.84. The summed E-state index contributed by atoms with van der Waals surface area (Å²) in [4.78, 5) is 0. The number of hydrogen-bond donors (Lipinski definition) is 1. The summed E-state index contributed by atoms with van der Waals surface area (Å²) in [7, 11) is 0. The molecular formula is C16H18O2. The van der Waals surface area contributed by atoms with Crippen LogP contribution < -0.4 is 4.74 Å². The molecule has 0 unspecified atom stereocenters. The Bertz CT molecular complexity index is 559. The van der Waals surface area contributed by atoms with Crippen LogP contribution >= 0.6 is 0 Å². The standard InChI is InChI=1S/C16H18O2/c1-11-4-7-16(14(8-11)10-17)18-15-6-5-12(2)13(3)9-15/h4-9,17H,10H2,1-3H3. The number of aryl methyl sites for hydroxylation is 3. The molecular weight excluding hydrogens is 224 g/mol. The van der Waals surface area contributed by atoms with Crippen molar-refractivity contribution in [1.29, 1.82) is 0 Å². The van der Waals surface area contributed by atoms with Crippen molar-refractivity contribution in [3.63, 3.8) is 0 Å². The van der Waals surface area contributed by atoms with Crippen LogP contribution in [-0.4, -0.2) is 5.11 Å². The van der Waals surface area contributed by atoms with Crippen molar-refractivity contribution in [2.24, 2.45) is 0 Å². The van der Waals surface area contributed by atoms with Gasteiger partial charge in [0.15, 0.2) is 0 Å². The molecule has 0 aromatic heterocycles. The molecule has 0 aliphatic heterocycles. The summed E-state index contributed by atoms with van der Waals surface area (Å²) >= 11 is 0. The van der Waals surface area contributed by atoms with E-state index in [9.17, 15) is 5.11 Å². The first-order chi connectivity index (χ1) is 8.60. The summed E-state index contributed by atoms with van der Waals surface area (Å²) in [5.74, 6) is 1.52. The summed E-state index contributed by atoms with van der Waals surface area (Å²) in [5, 5.41) is 9.34. The predicted octanol–water partition coefficient (Wildman–Crippen LogP) is 3.90. The number of rotatable bonds is 3. The second kappa shape index (κ2) is 5.23. The molecule has 18 heavy (non-hydrogen) atoms. The summed E-state index contributed by atoms with van der Waals surface area (Å²) in [6.07, 6.45) is 0. The second-order valence-corrected chi connectivity index (χ2v) is 4.62. The van der Waals surface area contributed by atoms with Crippen molar-refractivity contribution in [2.45, 2.75) is 27.4 Å². The molecule has 0 fully saturated rings. The maximum atomic E-state index is 9.34. The van der Waals surface area contributed by atoms with E-state index >= 15 is 0 Å². The van der Waals surface area contributed by atoms with Crippen molar-refractivity contribution in [3.05, 3.63) is 58.7 Å². The van der Waals surface area contributed by atoms with Gasteiger partial charge in [-0.05, 0) is 50.1 Å². The summed E-state index contributed by atoms with van der Waals surface area (Å²) < 4.78 is 5.83. The topological polar surface area (TPSA) is 29.5 Å². The first kappa shape index (κ1) is 12.7. The zero-order valence-corrected chi connectivity index (χ0v) is 11.0. The zero-order chi connectivity index (χ0) is 13.1. The molecule has 2 rings (SSSR count). The molecule has 2 aromatic rings. The minimum absolute atomic E-state index is 0.0120. The van der Waals surface area contributed by atoms with Gasteiger partial charge in [0.2, 0.25) is 0 Å². The number of benzene rings is 2. The molecule has 0 heterocycles. The highest BCUT2D eigenvalue weighted by atomic mass is 16.5. The molecule has 0 aliphatic carbocycles. The molecule has 0 radical (unpaired) electrons. The average Bonchev–Trinajstić information content (AvgIpc) is 2.36. The van der Waals surface area contributed by atoms with E-state index in [1.807, 2.05) is 43.3 Å². The fraction of sp³-hybridized carbons (Fsp3) is 0.250. The Morgan fingerprint density at radius 1 is 0.944 bits per heavy atom. The van der Waals surface area contributed by atoms with E-state index in [1.165, 1.54) is 11.1 Å². The van der Waals surface area contributed by atoms with Gasteiger partial charge in [-0.25, -0.2) is 0 Å². The van der Waals surface area contributed by atoms with Gasteiger partial charge in [0, 0.05) is 5.56 Å². The van der Waals surface area contributed by atoms with Gasteiger partial charge in [0.1, 0.15) is 11.5 Å². The van der Waals surface area contributed by atoms with E-state index in [0.29, 0.717) is 5.75 Å². The SMILES string of the molecule is Cc1ccc(Oc2ccc(C)c(C)c2)c(CO)c1. The van der Waals surface area contributed by atoms with E-state index in [1.54, 1.807) is 0 Å². The molecule has 2 heteroatoms. The molecule has 1 N–H and O–H groups in total. The third-order valence-corrected chi connectivity index (χ3v) is 3.09. The summed E-state index contributed by atoms with van der Waals surface area (Å²) in [6, 6.07) is 11.8. The highest BCUT2D eigenvalue weighted by Gasteiger charge is 2.05. The largest absolute Gasteiger partial charge is 0.457 e. The Balaban J connectivity index is 2.30. The molecule has 0 bridgehead atoms. The first-order valence-electron chi connectivity index (χ1n) is 6.05. The minimum atomic E-state index is -0.0120. The van der Waals surface area contributed by atoms with Crippen LogP contribution in [0.15, 0.2) is 36.4 Å². The van der Waals surface area contributed by atoms with Crippen LogP contribution in [0.1, 0.15) is 22.3 Å². The van der Waals surface area contributed by atoms with Crippen molar-refractivity contribution in [3.8, 4) is 11.5 Å². The number of ether oxygens (including phenoxy) is 1. The summed E-state index contributed by atoms with van der Waals surface area (Å²) in [6.45, 7) is 6.12. The third-order valence-electron chi connectivity index (χ3n) is 3.09. The van der Waals surface area contributed by atoms with Crippen LogP contribution in [0.3, 0.4) is 0 Å². The van der Waals surface area contributed by atoms with E-state index < -0.39 is 0 Å². The van der Waals surface area contributed by atoms with Crippen molar-refractivity contribution in [1.82, 2.24) is 0 Å². The van der Waals surface area contributed by atoms with Crippen molar-refractivity contribution < 1.29 is 9.84 Å². The van der Waals surface area contributed by atoms with Gasteiger partial charge in [-0.2, -0.15) is 0 Å². The number of aliphatic hydroxyl groups is 1. The lowest BCUT2D eigenvalue weighted by atomic mass is 10.1. The van der Waals surface area contributed by atoms with E-state index in [2.05, 4.69) is 13.8 Å². The van der Waals surface area contributed by atoms with Crippen LogP contribution in [0.25, 0.3) is 0 Å². The quantitative estimate of drug-likeness (QED) is 0.884. The smallest absolute Gasteiger partial charge is 0.132 e. The Kier molecular flexibility index (Phi) is 3.68. The van der Waals surface area contributed by atoms with Gasteiger partial charge in [0.25, 0.3) is 0 Å².